The van der Waals surface area contributed by atoms with E-state index in [2.05, 4.69) is 4.90 Å². The standard InChI is InChI=1S/C15H20N2O3/c16-14(18)12-5-4-6-13(15(19)20)11(12)7-10-17-8-2-1-3-9-17/h4-6H,1-3,7-10H2,(H2,16,18)(H,19,20). The molecule has 1 saturated heterocycles. The molecule has 1 aromatic rings. The van der Waals surface area contributed by atoms with Crippen molar-refractivity contribution in [3.8, 4) is 0 Å². The summed E-state index contributed by atoms with van der Waals surface area (Å²) in [6.07, 6.45) is 4.17. The first-order valence-corrected chi connectivity index (χ1v) is 6.97. The zero-order valence-corrected chi connectivity index (χ0v) is 11.5. The van der Waals surface area contributed by atoms with Crippen LogP contribution in [0.4, 0.5) is 0 Å². The van der Waals surface area contributed by atoms with E-state index >= 15 is 0 Å². The van der Waals surface area contributed by atoms with Crippen LogP contribution < -0.4 is 5.73 Å². The number of hydrogen-bond donors (Lipinski definition) is 2. The van der Waals surface area contributed by atoms with Crippen LogP contribution in [0.3, 0.4) is 0 Å². The van der Waals surface area contributed by atoms with E-state index in [1.165, 1.54) is 25.3 Å². The molecule has 0 saturated carbocycles. The molecule has 0 spiro atoms. The minimum absolute atomic E-state index is 0.179. The number of aromatic carboxylic acids is 1. The topological polar surface area (TPSA) is 83.6 Å². The molecule has 0 radical (unpaired) electrons. The van der Waals surface area contributed by atoms with Gasteiger partial charge in [0.1, 0.15) is 0 Å². The predicted molar refractivity (Wildman–Crippen MR) is 75.9 cm³/mol. The number of piperidine rings is 1. The van der Waals surface area contributed by atoms with E-state index in [4.69, 9.17) is 5.73 Å². The highest BCUT2D eigenvalue weighted by molar-refractivity contribution is 5.99. The molecule has 1 amide bonds. The molecular formula is C15H20N2O3. The number of rotatable bonds is 5. The quantitative estimate of drug-likeness (QED) is 0.854. The Bertz CT molecular complexity index is 476. The Kier molecular flexibility index (Phi) is 4.74. The number of nitrogens with zero attached hydrogens (tertiary/aromatic N) is 1. The molecule has 1 aliphatic heterocycles. The van der Waals surface area contributed by atoms with Gasteiger partial charge in [-0.2, -0.15) is 0 Å². The number of amides is 1. The average molecular weight is 276 g/mol. The summed E-state index contributed by atoms with van der Waals surface area (Å²) in [5.74, 6) is -1.58. The molecule has 3 N–H and O–H groups in total. The van der Waals surface area contributed by atoms with Gasteiger partial charge in [-0.25, -0.2) is 4.79 Å². The zero-order chi connectivity index (χ0) is 14.5. The van der Waals surface area contributed by atoms with Crippen LogP contribution in [0.15, 0.2) is 18.2 Å². The first-order valence-electron chi connectivity index (χ1n) is 6.97. The van der Waals surface area contributed by atoms with E-state index in [0.717, 1.165) is 19.6 Å². The minimum atomic E-state index is -1.01. The second-order valence-electron chi connectivity index (χ2n) is 5.15. The number of carbonyl (C=O) groups excluding carboxylic acids is 1. The Morgan fingerprint density at radius 2 is 1.80 bits per heavy atom. The smallest absolute Gasteiger partial charge is 0.335 e. The van der Waals surface area contributed by atoms with Gasteiger partial charge in [-0.05, 0) is 50.0 Å². The lowest BCUT2D eigenvalue weighted by Gasteiger charge is -2.26. The summed E-state index contributed by atoms with van der Waals surface area (Å²) >= 11 is 0. The fourth-order valence-corrected chi connectivity index (χ4v) is 2.74. The van der Waals surface area contributed by atoms with Crippen molar-refractivity contribution < 1.29 is 14.7 Å². The molecule has 1 aliphatic rings. The average Bonchev–Trinajstić information content (AvgIpc) is 2.45. The molecule has 0 aromatic heterocycles. The highest BCUT2D eigenvalue weighted by atomic mass is 16.4. The van der Waals surface area contributed by atoms with E-state index in [9.17, 15) is 14.7 Å². The van der Waals surface area contributed by atoms with Crippen molar-refractivity contribution in [2.75, 3.05) is 19.6 Å². The predicted octanol–water partition coefficient (Wildman–Crippen LogP) is 1.51. The molecule has 1 fully saturated rings. The number of carboxylic acid groups (broad SMARTS) is 1. The van der Waals surface area contributed by atoms with Crippen LogP contribution in [-0.4, -0.2) is 41.5 Å². The Hall–Kier alpha value is -1.88. The molecule has 108 valence electrons. The Morgan fingerprint density at radius 3 is 2.40 bits per heavy atom. The summed E-state index contributed by atoms with van der Waals surface area (Å²) in [6.45, 7) is 2.85. The summed E-state index contributed by atoms with van der Waals surface area (Å²) in [5, 5.41) is 9.24. The van der Waals surface area contributed by atoms with Crippen LogP contribution in [0.1, 0.15) is 45.5 Å². The second kappa shape index (κ2) is 6.52. The number of carbonyl (C=O) groups is 2. The number of likely N-dealkylation sites (tertiary alicyclic amines) is 1. The normalized spacial score (nSPS) is 16.0. The third-order valence-electron chi connectivity index (χ3n) is 3.80. The maximum absolute atomic E-state index is 11.5. The fourth-order valence-electron chi connectivity index (χ4n) is 2.74. The molecular weight excluding hydrogens is 256 g/mol. The number of benzene rings is 1. The van der Waals surface area contributed by atoms with Gasteiger partial charge in [0.2, 0.25) is 5.91 Å². The van der Waals surface area contributed by atoms with E-state index in [-0.39, 0.29) is 5.56 Å². The van der Waals surface area contributed by atoms with Crippen molar-refractivity contribution in [2.45, 2.75) is 25.7 Å². The highest BCUT2D eigenvalue weighted by Crippen LogP contribution is 2.17. The molecule has 0 aliphatic carbocycles. The second-order valence-corrected chi connectivity index (χ2v) is 5.15. The van der Waals surface area contributed by atoms with Crippen molar-refractivity contribution in [3.05, 3.63) is 34.9 Å². The number of carboxylic acids is 1. The summed E-state index contributed by atoms with van der Waals surface area (Å²) < 4.78 is 0. The van der Waals surface area contributed by atoms with Gasteiger partial charge in [0.05, 0.1) is 5.56 Å². The molecule has 5 nitrogen and oxygen atoms in total. The number of primary amides is 1. The molecule has 1 heterocycles. The van der Waals surface area contributed by atoms with Crippen molar-refractivity contribution in [1.82, 2.24) is 4.90 Å². The Labute approximate surface area is 118 Å². The van der Waals surface area contributed by atoms with Crippen molar-refractivity contribution in [3.63, 3.8) is 0 Å². The summed E-state index contributed by atoms with van der Waals surface area (Å²) in [6, 6.07) is 4.69. The molecule has 20 heavy (non-hydrogen) atoms. The van der Waals surface area contributed by atoms with Crippen molar-refractivity contribution in [2.24, 2.45) is 5.73 Å². The van der Waals surface area contributed by atoms with Crippen LogP contribution in [0.2, 0.25) is 0 Å². The van der Waals surface area contributed by atoms with Gasteiger partial charge in [0, 0.05) is 12.1 Å². The molecule has 0 atom stereocenters. The largest absolute Gasteiger partial charge is 0.478 e. The van der Waals surface area contributed by atoms with Gasteiger partial charge in [-0.1, -0.05) is 12.5 Å². The molecule has 2 rings (SSSR count). The first kappa shape index (κ1) is 14.5. The minimum Gasteiger partial charge on any atom is -0.478 e. The maximum atomic E-state index is 11.5. The SMILES string of the molecule is NC(=O)c1cccc(C(=O)O)c1CCN1CCCCC1. The van der Waals surface area contributed by atoms with Crippen molar-refractivity contribution in [1.29, 1.82) is 0 Å². The van der Waals surface area contributed by atoms with Crippen LogP contribution >= 0.6 is 0 Å². The number of nitrogens with two attached hydrogens (primary N) is 1. The summed E-state index contributed by atoms with van der Waals surface area (Å²) in [7, 11) is 0. The van der Waals surface area contributed by atoms with Crippen LogP contribution in [0.5, 0.6) is 0 Å². The van der Waals surface area contributed by atoms with Gasteiger partial charge in [0.15, 0.2) is 0 Å². The third-order valence-corrected chi connectivity index (χ3v) is 3.80. The van der Waals surface area contributed by atoms with E-state index in [0.29, 0.717) is 17.5 Å². The lowest BCUT2D eigenvalue weighted by atomic mass is 9.97. The maximum Gasteiger partial charge on any atom is 0.335 e. The first-order chi connectivity index (χ1) is 9.59. The number of hydrogen-bond acceptors (Lipinski definition) is 3. The zero-order valence-electron chi connectivity index (χ0n) is 11.5. The fraction of sp³-hybridized carbons (Fsp3) is 0.467. The van der Waals surface area contributed by atoms with Gasteiger partial charge >= 0.3 is 5.97 Å². The lowest BCUT2D eigenvalue weighted by Crippen LogP contribution is -2.32. The van der Waals surface area contributed by atoms with Gasteiger partial charge in [-0.3, -0.25) is 4.79 Å². The summed E-state index contributed by atoms with van der Waals surface area (Å²) in [4.78, 5) is 25.1. The van der Waals surface area contributed by atoms with E-state index < -0.39 is 11.9 Å². The van der Waals surface area contributed by atoms with E-state index in [1.807, 2.05) is 0 Å². The van der Waals surface area contributed by atoms with Crippen molar-refractivity contribution >= 4 is 11.9 Å². The Balaban J connectivity index is 2.19. The highest BCUT2D eigenvalue weighted by Gasteiger charge is 2.18. The van der Waals surface area contributed by atoms with Crippen LogP contribution in [0, 0.1) is 0 Å². The lowest BCUT2D eigenvalue weighted by molar-refractivity contribution is 0.0695. The summed E-state index contributed by atoms with van der Waals surface area (Å²) in [5.41, 5.74) is 6.40. The molecule has 1 aromatic carbocycles. The monoisotopic (exact) mass is 276 g/mol. The van der Waals surface area contributed by atoms with Gasteiger partial charge in [-0.15, -0.1) is 0 Å². The Morgan fingerprint density at radius 1 is 1.15 bits per heavy atom. The van der Waals surface area contributed by atoms with Crippen LogP contribution in [0.25, 0.3) is 0 Å². The molecule has 0 bridgehead atoms. The molecule has 0 unspecified atom stereocenters. The third kappa shape index (κ3) is 3.36. The van der Waals surface area contributed by atoms with Gasteiger partial charge < -0.3 is 15.7 Å². The van der Waals surface area contributed by atoms with Crippen LogP contribution in [-0.2, 0) is 6.42 Å². The van der Waals surface area contributed by atoms with E-state index in [1.54, 1.807) is 12.1 Å². The molecule has 5 heteroatoms. The van der Waals surface area contributed by atoms with Gasteiger partial charge in [0.25, 0.3) is 0 Å².